The van der Waals surface area contributed by atoms with Gasteiger partial charge >= 0.3 is 0 Å². The molecule has 0 saturated carbocycles. The predicted molar refractivity (Wildman–Crippen MR) is 40.1 cm³/mol. The van der Waals surface area contributed by atoms with Gasteiger partial charge in [-0.15, -0.1) is 21.5 Å². The van der Waals surface area contributed by atoms with Crippen LogP contribution in [0.2, 0.25) is 0 Å². The average molecular weight is 167 g/mol. The quantitative estimate of drug-likeness (QED) is 0.645. The van der Waals surface area contributed by atoms with Gasteiger partial charge in [-0.2, -0.15) is 0 Å². The molecule has 0 N–H and O–H groups in total. The third kappa shape index (κ3) is 1.03. The van der Waals surface area contributed by atoms with Crippen molar-refractivity contribution in [2.24, 2.45) is 0 Å². The van der Waals surface area contributed by atoms with Crippen molar-refractivity contribution in [3.05, 3.63) is 17.6 Å². The molecule has 2 rings (SSSR count). The number of rotatable bonds is 1. The molecule has 0 unspecified atom stereocenters. The normalized spacial score (nSPS) is 10.3. The second-order valence-corrected chi connectivity index (χ2v) is 2.87. The molecule has 0 aliphatic carbocycles. The number of hydrogen-bond donors (Lipinski definition) is 0. The summed E-state index contributed by atoms with van der Waals surface area (Å²) < 4.78 is 5.01. The highest BCUT2D eigenvalue weighted by molar-refractivity contribution is 7.13. The summed E-state index contributed by atoms with van der Waals surface area (Å²) >= 11 is 1.50. The van der Waals surface area contributed by atoms with Gasteiger partial charge in [0.05, 0.1) is 11.2 Å². The summed E-state index contributed by atoms with van der Waals surface area (Å²) in [6.45, 7) is 1.91. The molecule has 0 radical (unpaired) electrons. The van der Waals surface area contributed by atoms with Crippen LogP contribution in [0.1, 0.15) is 5.69 Å². The van der Waals surface area contributed by atoms with Crippen LogP contribution in [0.25, 0.3) is 10.8 Å². The highest BCUT2D eigenvalue weighted by Crippen LogP contribution is 2.24. The van der Waals surface area contributed by atoms with Crippen LogP contribution in [0.3, 0.4) is 0 Å². The van der Waals surface area contributed by atoms with Crippen LogP contribution in [-0.4, -0.2) is 15.2 Å². The summed E-state index contributed by atoms with van der Waals surface area (Å²) in [5.74, 6) is 0.546. The van der Waals surface area contributed by atoms with E-state index in [-0.39, 0.29) is 0 Å². The van der Waals surface area contributed by atoms with Gasteiger partial charge in [-0.3, -0.25) is 0 Å². The highest BCUT2D eigenvalue weighted by atomic mass is 32.1. The molecule has 56 valence electrons. The van der Waals surface area contributed by atoms with E-state index in [1.165, 1.54) is 17.7 Å². The van der Waals surface area contributed by atoms with Crippen molar-refractivity contribution in [3.8, 4) is 10.8 Å². The zero-order chi connectivity index (χ0) is 7.68. The van der Waals surface area contributed by atoms with Crippen molar-refractivity contribution in [3.63, 3.8) is 0 Å². The summed E-state index contributed by atoms with van der Waals surface area (Å²) in [4.78, 5) is 5.01. The first-order valence-corrected chi connectivity index (χ1v) is 3.92. The van der Waals surface area contributed by atoms with Crippen LogP contribution in [0.4, 0.5) is 0 Å². The molecule has 0 atom stereocenters. The number of aromatic nitrogens is 3. The minimum atomic E-state index is 0.546. The molecular formula is C6H5N3OS. The molecule has 0 fully saturated rings. The molecule has 0 aliphatic heterocycles. The molecule has 0 spiro atoms. The van der Waals surface area contributed by atoms with E-state index in [4.69, 9.17) is 4.42 Å². The topological polar surface area (TPSA) is 51.8 Å². The van der Waals surface area contributed by atoms with Gasteiger partial charge in [-0.25, -0.2) is 4.98 Å². The second kappa shape index (κ2) is 2.43. The van der Waals surface area contributed by atoms with Crippen molar-refractivity contribution in [1.82, 2.24) is 15.2 Å². The smallest absolute Gasteiger partial charge is 0.259 e. The maximum Gasteiger partial charge on any atom is 0.259 e. The third-order valence-electron chi connectivity index (χ3n) is 1.30. The molecule has 11 heavy (non-hydrogen) atoms. The van der Waals surface area contributed by atoms with Crippen LogP contribution in [0, 0.1) is 6.92 Å². The Labute approximate surface area is 66.9 Å². The zero-order valence-corrected chi connectivity index (χ0v) is 6.63. The third-order valence-corrected chi connectivity index (χ3v) is 2.22. The molecule has 4 nitrogen and oxygen atoms in total. The Morgan fingerprint density at radius 3 is 3.00 bits per heavy atom. The van der Waals surface area contributed by atoms with Crippen molar-refractivity contribution < 1.29 is 4.42 Å². The molecule has 5 heteroatoms. The maximum absolute atomic E-state index is 5.01. The number of nitrogens with zero attached hydrogens (tertiary/aromatic N) is 3. The molecular weight excluding hydrogens is 162 g/mol. The lowest BCUT2D eigenvalue weighted by atomic mass is 10.4. The van der Waals surface area contributed by atoms with E-state index in [9.17, 15) is 0 Å². The van der Waals surface area contributed by atoms with Gasteiger partial charge in [0.1, 0.15) is 4.88 Å². The Bertz CT molecular complexity index is 340. The first-order chi connectivity index (χ1) is 5.38. The lowest BCUT2D eigenvalue weighted by molar-refractivity contribution is 0.569. The molecule has 0 saturated heterocycles. The standard InChI is InChI=1S/C6H5N3OS/c1-4-5(11-3-7-4)6-9-8-2-10-6/h2-3H,1H3. The zero-order valence-electron chi connectivity index (χ0n) is 5.81. The minimum absolute atomic E-state index is 0.546. The fourth-order valence-electron chi connectivity index (χ4n) is 0.779. The van der Waals surface area contributed by atoms with E-state index in [2.05, 4.69) is 15.2 Å². The lowest BCUT2D eigenvalue weighted by Gasteiger charge is -1.86. The summed E-state index contributed by atoms with van der Waals surface area (Å²) in [7, 11) is 0. The molecule has 2 aromatic heterocycles. The average Bonchev–Trinajstić information content (AvgIpc) is 2.55. The molecule has 0 aromatic carbocycles. The molecule has 2 heterocycles. The van der Waals surface area contributed by atoms with E-state index in [1.807, 2.05) is 6.92 Å². The van der Waals surface area contributed by atoms with Crippen LogP contribution in [0.15, 0.2) is 16.3 Å². The summed E-state index contributed by atoms with van der Waals surface area (Å²) in [5.41, 5.74) is 2.69. The Hall–Kier alpha value is -1.23. The van der Waals surface area contributed by atoms with Crippen molar-refractivity contribution in [1.29, 1.82) is 0 Å². The Morgan fingerprint density at radius 2 is 2.45 bits per heavy atom. The number of hydrogen-bond acceptors (Lipinski definition) is 5. The van der Waals surface area contributed by atoms with Gasteiger partial charge in [-0.1, -0.05) is 0 Å². The maximum atomic E-state index is 5.01. The van der Waals surface area contributed by atoms with Gasteiger partial charge in [0.25, 0.3) is 5.89 Å². The molecule has 0 amide bonds. The first-order valence-electron chi connectivity index (χ1n) is 3.04. The summed E-state index contributed by atoms with van der Waals surface area (Å²) in [5, 5.41) is 7.35. The van der Waals surface area contributed by atoms with Crippen LogP contribution >= 0.6 is 11.3 Å². The number of thiazole rings is 1. The Kier molecular flexibility index (Phi) is 1.43. The molecule has 0 aliphatic rings. The largest absolute Gasteiger partial charge is 0.423 e. The number of aryl methyl sites for hydroxylation is 1. The monoisotopic (exact) mass is 167 g/mol. The van der Waals surface area contributed by atoms with Crippen molar-refractivity contribution >= 4 is 11.3 Å². The van der Waals surface area contributed by atoms with Gasteiger partial charge in [0, 0.05) is 0 Å². The van der Waals surface area contributed by atoms with Crippen molar-refractivity contribution in [2.75, 3.05) is 0 Å². The molecule has 0 bridgehead atoms. The Morgan fingerprint density at radius 1 is 1.55 bits per heavy atom. The lowest BCUT2D eigenvalue weighted by Crippen LogP contribution is -1.76. The molecule has 2 aromatic rings. The van der Waals surface area contributed by atoms with E-state index < -0.39 is 0 Å². The minimum Gasteiger partial charge on any atom is -0.423 e. The van der Waals surface area contributed by atoms with Gasteiger partial charge in [-0.05, 0) is 6.92 Å². The van der Waals surface area contributed by atoms with E-state index >= 15 is 0 Å². The second-order valence-electron chi connectivity index (χ2n) is 2.01. The van der Waals surface area contributed by atoms with Crippen LogP contribution < -0.4 is 0 Å². The first kappa shape index (κ1) is 6.48. The van der Waals surface area contributed by atoms with E-state index in [1.54, 1.807) is 5.51 Å². The van der Waals surface area contributed by atoms with Crippen LogP contribution in [-0.2, 0) is 0 Å². The van der Waals surface area contributed by atoms with Gasteiger partial charge < -0.3 is 4.42 Å². The predicted octanol–water partition coefficient (Wildman–Crippen LogP) is 1.50. The fraction of sp³-hybridized carbons (Fsp3) is 0.167. The van der Waals surface area contributed by atoms with Crippen LogP contribution in [0.5, 0.6) is 0 Å². The van der Waals surface area contributed by atoms with Gasteiger partial charge in [0.2, 0.25) is 6.39 Å². The highest BCUT2D eigenvalue weighted by Gasteiger charge is 2.08. The van der Waals surface area contributed by atoms with E-state index in [0.29, 0.717) is 5.89 Å². The summed E-state index contributed by atoms with van der Waals surface area (Å²) in [6, 6.07) is 0. The Balaban J connectivity index is 2.53. The van der Waals surface area contributed by atoms with E-state index in [0.717, 1.165) is 10.6 Å². The van der Waals surface area contributed by atoms with Crippen molar-refractivity contribution in [2.45, 2.75) is 6.92 Å². The SMILES string of the molecule is Cc1ncsc1-c1nnco1. The van der Waals surface area contributed by atoms with Gasteiger partial charge in [0.15, 0.2) is 0 Å². The summed E-state index contributed by atoms with van der Waals surface area (Å²) in [6.07, 6.45) is 1.31. The fourth-order valence-corrected chi connectivity index (χ4v) is 1.51.